The molecule has 0 saturated carbocycles. The van der Waals surface area contributed by atoms with Crippen molar-refractivity contribution in [2.24, 2.45) is 5.92 Å². The third-order valence-corrected chi connectivity index (χ3v) is 2.99. The summed E-state index contributed by atoms with van der Waals surface area (Å²) in [6, 6.07) is 2.15. The van der Waals surface area contributed by atoms with Crippen LogP contribution in [0.25, 0.3) is 0 Å². The predicted octanol–water partition coefficient (Wildman–Crippen LogP) is 3.00. The minimum atomic E-state index is 0.721. The van der Waals surface area contributed by atoms with Crippen molar-refractivity contribution in [2.45, 2.75) is 27.2 Å². The van der Waals surface area contributed by atoms with Gasteiger partial charge >= 0.3 is 0 Å². The first kappa shape index (κ1) is 12.8. The molecule has 16 heavy (non-hydrogen) atoms. The number of nitrogens with one attached hydrogen (secondary N) is 1. The second kappa shape index (κ2) is 6.36. The fraction of sp³-hybridized carbons (Fsp3) is 0.615. The van der Waals surface area contributed by atoms with Crippen LogP contribution in [0.1, 0.15) is 27.2 Å². The number of aromatic nitrogens is 1. The van der Waals surface area contributed by atoms with E-state index in [1.54, 1.807) is 0 Å². The third kappa shape index (κ3) is 3.40. The lowest BCUT2D eigenvalue weighted by Crippen LogP contribution is -2.28. The fourth-order valence-corrected chi connectivity index (χ4v) is 1.66. The Bertz CT molecular complexity index is 312. The Morgan fingerprint density at radius 1 is 1.38 bits per heavy atom. The van der Waals surface area contributed by atoms with Crippen LogP contribution in [0.4, 0.5) is 11.4 Å². The Balaban J connectivity index is 2.77. The summed E-state index contributed by atoms with van der Waals surface area (Å²) < 4.78 is 0. The Morgan fingerprint density at radius 2 is 2.12 bits per heavy atom. The molecule has 1 rings (SSSR count). The smallest absolute Gasteiger partial charge is 0.0573 e. The van der Waals surface area contributed by atoms with Crippen molar-refractivity contribution in [3.8, 4) is 0 Å². The van der Waals surface area contributed by atoms with Gasteiger partial charge in [-0.05, 0) is 18.9 Å². The average Bonchev–Trinajstić information content (AvgIpc) is 2.35. The standard InChI is InChI=1S/C13H23N3/c1-5-11(3)10-16(6-2)13-7-12(14-4)8-15-9-13/h7-9,11,14H,5-6,10H2,1-4H3. The second-order valence-electron chi connectivity index (χ2n) is 4.23. The molecule has 0 aliphatic rings. The molecule has 1 atom stereocenters. The van der Waals surface area contributed by atoms with Gasteiger partial charge in [0, 0.05) is 20.1 Å². The number of pyridine rings is 1. The first-order valence-electron chi connectivity index (χ1n) is 6.09. The number of hydrogen-bond acceptors (Lipinski definition) is 3. The van der Waals surface area contributed by atoms with E-state index >= 15 is 0 Å². The molecule has 0 aromatic carbocycles. The highest BCUT2D eigenvalue weighted by atomic mass is 15.1. The van der Waals surface area contributed by atoms with Crippen molar-refractivity contribution in [3.63, 3.8) is 0 Å². The molecule has 0 spiro atoms. The normalized spacial score (nSPS) is 12.2. The summed E-state index contributed by atoms with van der Waals surface area (Å²) in [6.45, 7) is 8.84. The molecular weight excluding hydrogens is 198 g/mol. The molecule has 3 nitrogen and oxygen atoms in total. The van der Waals surface area contributed by atoms with Crippen LogP contribution in [-0.4, -0.2) is 25.1 Å². The molecule has 0 radical (unpaired) electrons. The first-order valence-corrected chi connectivity index (χ1v) is 6.09. The molecule has 1 heterocycles. The van der Waals surface area contributed by atoms with Crippen LogP contribution in [0, 0.1) is 5.92 Å². The van der Waals surface area contributed by atoms with E-state index in [1.807, 2.05) is 19.4 Å². The molecule has 1 aromatic heterocycles. The van der Waals surface area contributed by atoms with Crippen molar-refractivity contribution >= 4 is 11.4 Å². The van der Waals surface area contributed by atoms with Crippen LogP contribution in [0.5, 0.6) is 0 Å². The molecule has 0 fully saturated rings. The lowest BCUT2D eigenvalue weighted by molar-refractivity contribution is 0.548. The molecule has 1 unspecified atom stereocenters. The van der Waals surface area contributed by atoms with Gasteiger partial charge in [-0.15, -0.1) is 0 Å². The van der Waals surface area contributed by atoms with Crippen LogP contribution in [0.15, 0.2) is 18.5 Å². The molecule has 0 amide bonds. The quantitative estimate of drug-likeness (QED) is 0.800. The van der Waals surface area contributed by atoms with Crippen molar-refractivity contribution in [3.05, 3.63) is 18.5 Å². The van der Waals surface area contributed by atoms with E-state index in [0.717, 1.165) is 24.7 Å². The van der Waals surface area contributed by atoms with Gasteiger partial charge in [-0.3, -0.25) is 4.98 Å². The zero-order valence-corrected chi connectivity index (χ0v) is 10.8. The monoisotopic (exact) mass is 221 g/mol. The Labute approximate surface area is 98.9 Å². The maximum absolute atomic E-state index is 4.25. The summed E-state index contributed by atoms with van der Waals surface area (Å²) >= 11 is 0. The van der Waals surface area contributed by atoms with Gasteiger partial charge in [0.1, 0.15) is 0 Å². The fourth-order valence-electron chi connectivity index (χ4n) is 1.66. The summed E-state index contributed by atoms with van der Waals surface area (Å²) in [4.78, 5) is 6.63. The SMILES string of the molecule is CCC(C)CN(CC)c1cncc(NC)c1. The van der Waals surface area contributed by atoms with Gasteiger partial charge in [0.05, 0.1) is 23.8 Å². The van der Waals surface area contributed by atoms with E-state index in [0.29, 0.717) is 0 Å². The minimum absolute atomic E-state index is 0.721. The van der Waals surface area contributed by atoms with Crippen LogP contribution in [0.2, 0.25) is 0 Å². The van der Waals surface area contributed by atoms with Crippen molar-refractivity contribution in [1.29, 1.82) is 0 Å². The Hall–Kier alpha value is -1.25. The molecule has 0 aliphatic heterocycles. The highest BCUT2D eigenvalue weighted by molar-refractivity contribution is 5.55. The summed E-state index contributed by atoms with van der Waals surface area (Å²) in [6.07, 6.45) is 5.00. The predicted molar refractivity (Wildman–Crippen MR) is 71.1 cm³/mol. The van der Waals surface area contributed by atoms with Gasteiger partial charge in [-0.2, -0.15) is 0 Å². The van der Waals surface area contributed by atoms with Crippen LogP contribution in [0.3, 0.4) is 0 Å². The maximum atomic E-state index is 4.25. The van der Waals surface area contributed by atoms with E-state index in [-0.39, 0.29) is 0 Å². The first-order chi connectivity index (χ1) is 7.71. The number of rotatable bonds is 6. The summed E-state index contributed by atoms with van der Waals surface area (Å²) in [5.41, 5.74) is 2.27. The molecule has 0 saturated heterocycles. The van der Waals surface area contributed by atoms with Gasteiger partial charge in [0.2, 0.25) is 0 Å². The van der Waals surface area contributed by atoms with E-state index in [2.05, 4.69) is 42.0 Å². The van der Waals surface area contributed by atoms with Crippen molar-refractivity contribution < 1.29 is 0 Å². The maximum Gasteiger partial charge on any atom is 0.0573 e. The zero-order chi connectivity index (χ0) is 12.0. The number of anilines is 2. The van der Waals surface area contributed by atoms with E-state index < -0.39 is 0 Å². The summed E-state index contributed by atoms with van der Waals surface area (Å²) in [7, 11) is 1.92. The molecule has 1 N–H and O–H groups in total. The van der Waals surface area contributed by atoms with Crippen molar-refractivity contribution in [2.75, 3.05) is 30.4 Å². The average molecular weight is 221 g/mol. The number of hydrogen-bond donors (Lipinski definition) is 1. The third-order valence-electron chi connectivity index (χ3n) is 2.99. The lowest BCUT2D eigenvalue weighted by atomic mass is 10.1. The molecule has 3 heteroatoms. The van der Waals surface area contributed by atoms with Crippen LogP contribution < -0.4 is 10.2 Å². The van der Waals surface area contributed by atoms with E-state index in [1.165, 1.54) is 12.1 Å². The topological polar surface area (TPSA) is 28.2 Å². The van der Waals surface area contributed by atoms with Crippen molar-refractivity contribution in [1.82, 2.24) is 4.98 Å². The summed E-state index contributed by atoms with van der Waals surface area (Å²) in [5.74, 6) is 0.721. The molecular formula is C13H23N3. The molecule has 0 aliphatic carbocycles. The molecule has 90 valence electrons. The second-order valence-corrected chi connectivity index (χ2v) is 4.23. The van der Waals surface area contributed by atoms with Gasteiger partial charge in [0.15, 0.2) is 0 Å². The number of nitrogens with zero attached hydrogens (tertiary/aromatic N) is 2. The van der Waals surface area contributed by atoms with E-state index in [9.17, 15) is 0 Å². The van der Waals surface area contributed by atoms with Gasteiger partial charge in [-0.25, -0.2) is 0 Å². The van der Waals surface area contributed by atoms with Crippen LogP contribution in [-0.2, 0) is 0 Å². The highest BCUT2D eigenvalue weighted by Gasteiger charge is 2.08. The van der Waals surface area contributed by atoms with Gasteiger partial charge in [0.25, 0.3) is 0 Å². The Kier molecular flexibility index (Phi) is 5.09. The summed E-state index contributed by atoms with van der Waals surface area (Å²) in [5, 5.41) is 3.12. The van der Waals surface area contributed by atoms with E-state index in [4.69, 9.17) is 0 Å². The largest absolute Gasteiger partial charge is 0.387 e. The lowest BCUT2D eigenvalue weighted by Gasteiger charge is -2.26. The van der Waals surface area contributed by atoms with Gasteiger partial charge in [-0.1, -0.05) is 20.3 Å². The highest BCUT2D eigenvalue weighted by Crippen LogP contribution is 2.19. The molecule has 0 bridgehead atoms. The molecule has 1 aromatic rings. The van der Waals surface area contributed by atoms with Gasteiger partial charge < -0.3 is 10.2 Å². The zero-order valence-electron chi connectivity index (χ0n) is 10.8. The Morgan fingerprint density at radius 3 is 2.69 bits per heavy atom. The minimum Gasteiger partial charge on any atom is -0.387 e. The van der Waals surface area contributed by atoms with Crippen LogP contribution >= 0.6 is 0 Å².